The SMILES string of the molecule is CSc1cccc(NC(=O)CSc2nc3ccccc3n2C(F)F)c1. The van der Waals surface area contributed by atoms with E-state index in [2.05, 4.69) is 10.3 Å². The number of imidazole rings is 1. The van der Waals surface area contributed by atoms with Gasteiger partial charge in [0, 0.05) is 10.6 Å². The highest BCUT2D eigenvalue weighted by Crippen LogP contribution is 2.29. The Balaban J connectivity index is 1.71. The standard InChI is InChI=1S/C17H15F2N3OS2/c1-24-12-6-4-5-11(9-12)20-15(23)10-25-17-21-13-7-2-3-8-14(13)22(17)16(18)19/h2-9,16H,10H2,1H3,(H,20,23). The lowest BCUT2D eigenvalue weighted by Gasteiger charge is -2.08. The van der Waals surface area contributed by atoms with E-state index in [4.69, 9.17) is 0 Å². The van der Waals surface area contributed by atoms with Crippen LogP contribution in [0.2, 0.25) is 0 Å². The van der Waals surface area contributed by atoms with Crippen LogP contribution < -0.4 is 5.32 Å². The Morgan fingerprint density at radius 2 is 2.04 bits per heavy atom. The van der Waals surface area contributed by atoms with Crippen molar-refractivity contribution in [2.45, 2.75) is 16.6 Å². The molecule has 0 unspecified atom stereocenters. The molecule has 0 aliphatic heterocycles. The molecule has 0 radical (unpaired) electrons. The third-order valence-corrected chi connectivity index (χ3v) is 5.12. The number of benzene rings is 2. The Labute approximate surface area is 152 Å². The minimum atomic E-state index is -2.71. The van der Waals surface area contributed by atoms with Gasteiger partial charge in [0.25, 0.3) is 0 Å². The molecule has 4 nitrogen and oxygen atoms in total. The van der Waals surface area contributed by atoms with Gasteiger partial charge in [-0.15, -0.1) is 11.8 Å². The predicted molar refractivity (Wildman–Crippen MR) is 98.6 cm³/mol. The van der Waals surface area contributed by atoms with Gasteiger partial charge in [-0.25, -0.2) is 4.98 Å². The van der Waals surface area contributed by atoms with Gasteiger partial charge in [-0.2, -0.15) is 8.78 Å². The first-order chi connectivity index (χ1) is 12.1. The number of nitrogens with zero attached hydrogens (tertiary/aromatic N) is 2. The number of aromatic nitrogens is 2. The number of alkyl halides is 2. The molecule has 0 aliphatic carbocycles. The Bertz CT molecular complexity index is 898. The van der Waals surface area contributed by atoms with E-state index in [1.165, 1.54) is 0 Å². The smallest absolute Gasteiger partial charge is 0.321 e. The normalized spacial score (nSPS) is 11.2. The second-order valence-electron chi connectivity index (χ2n) is 5.10. The minimum Gasteiger partial charge on any atom is -0.325 e. The first-order valence-corrected chi connectivity index (χ1v) is 9.61. The Morgan fingerprint density at radius 1 is 1.24 bits per heavy atom. The number of carbonyl (C=O) groups is 1. The molecule has 0 spiro atoms. The molecule has 2 aromatic carbocycles. The number of anilines is 1. The molecular weight excluding hydrogens is 364 g/mol. The van der Waals surface area contributed by atoms with Crippen molar-refractivity contribution < 1.29 is 13.6 Å². The van der Waals surface area contributed by atoms with Crippen molar-refractivity contribution in [3.63, 3.8) is 0 Å². The summed E-state index contributed by atoms with van der Waals surface area (Å²) in [5, 5.41) is 2.90. The number of hydrogen-bond acceptors (Lipinski definition) is 4. The van der Waals surface area contributed by atoms with Crippen molar-refractivity contribution in [3.05, 3.63) is 48.5 Å². The molecule has 0 atom stereocenters. The largest absolute Gasteiger partial charge is 0.325 e. The zero-order valence-electron chi connectivity index (χ0n) is 13.3. The van der Waals surface area contributed by atoms with Crippen molar-refractivity contribution in [2.75, 3.05) is 17.3 Å². The maximum atomic E-state index is 13.4. The van der Waals surface area contributed by atoms with Crippen molar-refractivity contribution >= 4 is 46.2 Å². The monoisotopic (exact) mass is 379 g/mol. The summed E-state index contributed by atoms with van der Waals surface area (Å²) in [5.41, 5.74) is 1.52. The average Bonchev–Trinajstić information content (AvgIpc) is 2.98. The van der Waals surface area contributed by atoms with Crippen LogP contribution in [0.5, 0.6) is 0 Å². The Morgan fingerprint density at radius 3 is 2.80 bits per heavy atom. The van der Waals surface area contributed by atoms with E-state index < -0.39 is 6.55 Å². The number of fused-ring (bicyclic) bond motifs is 1. The fourth-order valence-corrected chi connectivity index (χ4v) is 3.61. The lowest BCUT2D eigenvalue weighted by molar-refractivity contribution is -0.113. The molecule has 0 saturated heterocycles. The lowest BCUT2D eigenvalue weighted by Crippen LogP contribution is -2.14. The second-order valence-corrected chi connectivity index (χ2v) is 6.92. The highest BCUT2D eigenvalue weighted by atomic mass is 32.2. The molecule has 0 saturated carbocycles. The predicted octanol–water partition coefficient (Wildman–Crippen LogP) is 4.88. The van der Waals surface area contributed by atoms with Crippen molar-refractivity contribution in [2.24, 2.45) is 0 Å². The highest BCUT2D eigenvalue weighted by molar-refractivity contribution is 7.99. The van der Waals surface area contributed by atoms with Crippen LogP contribution in [0.15, 0.2) is 58.6 Å². The summed E-state index contributed by atoms with van der Waals surface area (Å²) in [7, 11) is 0. The van der Waals surface area contributed by atoms with Crippen LogP contribution in [-0.4, -0.2) is 27.5 Å². The van der Waals surface area contributed by atoms with Gasteiger partial charge in [0.1, 0.15) is 0 Å². The summed E-state index contributed by atoms with van der Waals surface area (Å²) in [6.45, 7) is -2.71. The van der Waals surface area contributed by atoms with E-state index in [1.54, 1.807) is 42.1 Å². The molecule has 0 fully saturated rings. The average molecular weight is 379 g/mol. The van der Waals surface area contributed by atoms with Gasteiger partial charge in [-0.1, -0.05) is 30.0 Å². The maximum absolute atomic E-state index is 13.4. The van der Waals surface area contributed by atoms with Crippen LogP contribution in [0.1, 0.15) is 6.55 Å². The molecule has 1 amide bonds. The third kappa shape index (κ3) is 4.13. The fourth-order valence-electron chi connectivity index (χ4n) is 2.34. The first kappa shape index (κ1) is 17.8. The summed E-state index contributed by atoms with van der Waals surface area (Å²) in [6.07, 6.45) is 1.95. The number of rotatable bonds is 6. The van der Waals surface area contributed by atoms with Crippen LogP contribution in [-0.2, 0) is 4.79 Å². The molecule has 1 aromatic heterocycles. The zero-order valence-corrected chi connectivity index (χ0v) is 14.9. The molecule has 1 heterocycles. The van der Waals surface area contributed by atoms with Crippen LogP contribution in [0, 0.1) is 0 Å². The van der Waals surface area contributed by atoms with Gasteiger partial charge in [0.15, 0.2) is 5.16 Å². The molecule has 3 rings (SSSR count). The van der Waals surface area contributed by atoms with Gasteiger partial charge in [0.05, 0.1) is 16.8 Å². The Kier molecular flexibility index (Phi) is 5.60. The van der Waals surface area contributed by atoms with Gasteiger partial charge >= 0.3 is 6.55 Å². The van der Waals surface area contributed by atoms with E-state index >= 15 is 0 Å². The van der Waals surface area contributed by atoms with E-state index in [0.29, 0.717) is 16.7 Å². The topological polar surface area (TPSA) is 46.9 Å². The zero-order chi connectivity index (χ0) is 17.8. The number of nitrogens with one attached hydrogen (secondary N) is 1. The van der Waals surface area contributed by atoms with Crippen LogP contribution >= 0.6 is 23.5 Å². The minimum absolute atomic E-state index is 0.000459. The van der Waals surface area contributed by atoms with Crippen molar-refractivity contribution in [1.29, 1.82) is 0 Å². The third-order valence-electron chi connectivity index (χ3n) is 3.44. The highest BCUT2D eigenvalue weighted by Gasteiger charge is 2.18. The Hall–Kier alpha value is -2.06. The maximum Gasteiger partial charge on any atom is 0.321 e. The van der Waals surface area contributed by atoms with Crippen molar-refractivity contribution in [1.82, 2.24) is 9.55 Å². The molecule has 3 aromatic rings. The number of amides is 1. The molecule has 0 bridgehead atoms. The van der Waals surface area contributed by atoms with E-state index in [0.717, 1.165) is 21.2 Å². The fraction of sp³-hybridized carbons (Fsp3) is 0.176. The number of thioether (sulfide) groups is 2. The van der Waals surface area contributed by atoms with Gasteiger partial charge < -0.3 is 5.32 Å². The first-order valence-electron chi connectivity index (χ1n) is 7.40. The van der Waals surface area contributed by atoms with Crippen LogP contribution in [0.4, 0.5) is 14.5 Å². The van der Waals surface area contributed by atoms with Gasteiger partial charge in [-0.3, -0.25) is 9.36 Å². The summed E-state index contributed by atoms with van der Waals surface area (Å²) in [6, 6.07) is 14.1. The number of hydrogen-bond donors (Lipinski definition) is 1. The van der Waals surface area contributed by atoms with Crippen molar-refractivity contribution in [3.8, 4) is 0 Å². The van der Waals surface area contributed by atoms with Gasteiger partial charge in [-0.05, 0) is 36.6 Å². The number of halogens is 2. The quantitative estimate of drug-likeness (QED) is 0.620. The van der Waals surface area contributed by atoms with E-state index in [9.17, 15) is 13.6 Å². The molecule has 25 heavy (non-hydrogen) atoms. The van der Waals surface area contributed by atoms with E-state index in [1.807, 2.05) is 24.5 Å². The van der Waals surface area contributed by atoms with Gasteiger partial charge in [0.2, 0.25) is 5.91 Å². The second kappa shape index (κ2) is 7.88. The molecule has 1 N–H and O–H groups in total. The summed E-state index contributed by atoms with van der Waals surface area (Å²) < 4.78 is 27.6. The van der Waals surface area contributed by atoms with E-state index in [-0.39, 0.29) is 16.8 Å². The molecular formula is C17H15F2N3OS2. The van der Waals surface area contributed by atoms with Crippen LogP contribution in [0.3, 0.4) is 0 Å². The molecule has 8 heteroatoms. The lowest BCUT2D eigenvalue weighted by atomic mass is 10.3. The summed E-state index contributed by atoms with van der Waals surface area (Å²) in [4.78, 5) is 17.4. The summed E-state index contributed by atoms with van der Waals surface area (Å²) >= 11 is 2.57. The number of carbonyl (C=O) groups excluding carboxylic acids is 1. The molecule has 130 valence electrons. The van der Waals surface area contributed by atoms with Crippen LogP contribution in [0.25, 0.3) is 11.0 Å². The number of para-hydroxylation sites is 2. The summed E-state index contributed by atoms with van der Waals surface area (Å²) in [5.74, 6) is -0.268. The molecule has 0 aliphatic rings.